The lowest BCUT2D eigenvalue weighted by Gasteiger charge is -2.60. The summed E-state index contributed by atoms with van der Waals surface area (Å²) in [6.45, 7) is 11.9. The van der Waals surface area contributed by atoms with E-state index in [2.05, 4.69) is 33.8 Å². The van der Waals surface area contributed by atoms with Crippen molar-refractivity contribution in [2.45, 2.75) is 141 Å². The van der Waals surface area contributed by atoms with Gasteiger partial charge >= 0.3 is 0 Å². The Hall–Kier alpha value is -0.580. The second kappa shape index (κ2) is 9.96. The number of hydrogen-bond donors (Lipinski definition) is 4. The van der Waals surface area contributed by atoms with E-state index < -0.39 is 42.6 Å². The SMILES string of the molecule is C[C@@H]1CCC2(OC1)OC1CC3C4CC=C5CC(OC6O[C@@H](C)[C@H](O)[C@@H](O)[C@H]6O)C[C@@H](O)[C@]5(C)C4CC[C@]3(C)C1[C@@H]2C. The minimum absolute atomic E-state index is 0.227. The fraction of sp³-hybridized carbons (Fsp3) is 0.939. The Morgan fingerprint density at radius 1 is 0.927 bits per heavy atom. The first-order valence-corrected chi connectivity index (χ1v) is 16.4. The van der Waals surface area contributed by atoms with Crippen molar-refractivity contribution >= 4 is 0 Å². The molecule has 3 aliphatic heterocycles. The van der Waals surface area contributed by atoms with E-state index in [1.807, 2.05) is 0 Å². The zero-order valence-electron chi connectivity index (χ0n) is 25.4. The fourth-order valence-corrected chi connectivity index (χ4v) is 11.1. The van der Waals surface area contributed by atoms with Crippen molar-refractivity contribution in [2.75, 3.05) is 6.61 Å². The molecule has 4 aliphatic carbocycles. The van der Waals surface area contributed by atoms with Crippen LogP contribution in [0.25, 0.3) is 0 Å². The molecule has 7 aliphatic rings. The molecule has 3 saturated carbocycles. The van der Waals surface area contributed by atoms with Gasteiger partial charge < -0.3 is 39.4 Å². The van der Waals surface area contributed by atoms with E-state index in [0.717, 1.165) is 38.7 Å². The molecule has 6 fully saturated rings. The third-order valence-electron chi connectivity index (χ3n) is 13.6. The standard InChI is InChI=1S/C33H52O8/c1-16-8-11-33(38-15-16)17(2)26-24(41-33)14-23-21-7-6-19-12-20(40-30-29(37)28(36)27(35)18(3)39-30)13-25(34)32(19,5)22(21)9-10-31(23,26)4/h6,16-18,20-30,34-37H,7-15H2,1-5H3/t16-,17+,18+,20?,21?,22?,23?,24?,25-,26?,27+,28-,29-,30?,31+,32+,33?/m1/s1. The first kappa shape index (κ1) is 29.1. The highest BCUT2D eigenvalue weighted by Crippen LogP contribution is 2.70. The minimum atomic E-state index is -1.33. The molecule has 0 amide bonds. The van der Waals surface area contributed by atoms with Gasteiger partial charge in [0.05, 0.1) is 31.0 Å². The summed E-state index contributed by atoms with van der Waals surface area (Å²) in [5, 5.41) is 42.5. The van der Waals surface area contributed by atoms with Crippen molar-refractivity contribution in [2.24, 2.45) is 46.3 Å². The highest BCUT2D eigenvalue weighted by molar-refractivity contribution is 5.28. The van der Waals surface area contributed by atoms with Crippen LogP contribution in [0, 0.1) is 46.3 Å². The molecule has 3 heterocycles. The Kier molecular flexibility index (Phi) is 7.08. The van der Waals surface area contributed by atoms with Crippen LogP contribution in [0.15, 0.2) is 11.6 Å². The molecule has 1 spiro atoms. The summed E-state index contributed by atoms with van der Waals surface area (Å²) in [5.74, 6) is 2.65. The summed E-state index contributed by atoms with van der Waals surface area (Å²) in [6, 6.07) is 0. The molecule has 17 atom stereocenters. The first-order valence-electron chi connectivity index (χ1n) is 16.4. The van der Waals surface area contributed by atoms with Crippen LogP contribution in [0.3, 0.4) is 0 Å². The number of hydrogen-bond acceptors (Lipinski definition) is 8. The van der Waals surface area contributed by atoms with Gasteiger partial charge in [-0.25, -0.2) is 0 Å². The first-order chi connectivity index (χ1) is 19.4. The van der Waals surface area contributed by atoms with Crippen LogP contribution >= 0.6 is 0 Å². The fourth-order valence-electron chi connectivity index (χ4n) is 11.1. The van der Waals surface area contributed by atoms with Crippen LogP contribution in [-0.2, 0) is 18.9 Å². The Morgan fingerprint density at radius 3 is 2.44 bits per heavy atom. The van der Waals surface area contributed by atoms with E-state index in [-0.39, 0.29) is 23.0 Å². The third-order valence-corrected chi connectivity index (χ3v) is 13.6. The molecule has 0 bridgehead atoms. The van der Waals surface area contributed by atoms with Crippen LogP contribution in [0.1, 0.15) is 86.0 Å². The van der Waals surface area contributed by atoms with Gasteiger partial charge in [-0.1, -0.05) is 39.3 Å². The van der Waals surface area contributed by atoms with E-state index in [1.54, 1.807) is 6.92 Å². The molecule has 8 unspecified atom stereocenters. The number of aliphatic hydroxyl groups excluding tert-OH is 4. The molecular weight excluding hydrogens is 524 g/mol. The molecule has 0 aromatic heterocycles. The number of aliphatic hydroxyl groups is 4. The molecule has 41 heavy (non-hydrogen) atoms. The third kappa shape index (κ3) is 4.14. The predicted octanol–water partition coefficient (Wildman–Crippen LogP) is 3.54. The van der Waals surface area contributed by atoms with Crippen molar-refractivity contribution in [1.82, 2.24) is 0 Å². The van der Waals surface area contributed by atoms with Gasteiger partial charge in [0.2, 0.25) is 0 Å². The smallest absolute Gasteiger partial charge is 0.186 e. The molecule has 7 rings (SSSR count). The van der Waals surface area contributed by atoms with E-state index in [1.165, 1.54) is 12.0 Å². The molecule has 3 saturated heterocycles. The molecule has 0 aromatic rings. The van der Waals surface area contributed by atoms with Gasteiger partial charge in [-0.3, -0.25) is 0 Å². The van der Waals surface area contributed by atoms with E-state index in [9.17, 15) is 20.4 Å². The van der Waals surface area contributed by atoms with Crippen LogP contribution in [0.2, 0.25) is 0 Å². The van der Waals surface area contributed by atoms with Gasteiger partial charge in [0, 0.05) is 24.2 Å². The summed E-state index contributed by atoms with van der Waals surface area (Å²) in [6.07, 6.45) is 3.99. The van der Waals surface area contributed by atoms with Crippen molar-refractivity contribution in [3.05, 3.63) is 11.6 Å². The van der Waals surface area contributed by atoms with Crippen LogP contribution < -0.4 is 0 Å². The number of ether oxygens (including phenoxy) is 4. The molecule has 232 valence electrons. The van der Waals surface area contributed by atoms with Crippen LogP contribution in [0.4, 0.5) is 0 Å². The normalized spacial score (nSPS) is 60.2. The molecule has 8 nitrogen and oxygen atoms in total. The van der Waals surface area contributed by atoms with E-state index >= 15 is 0 Å². The summed E-state index contributed by atoms with van der Waals surface area (Å²) >= 11 is 0. The van der Waals surface area contributed by atoms with Gasteiger partial charge in [-0.2, -0.15) is 0 Å². The Bertz CT molecular complexity index is 1040. The Morgan fingerprint density at radius 2 is 1.71 bits per heavy atom. The highest BCUT2D eigenvalue weighted by atomic mass is 16.7. The van der Waals surface area contributed by atoms with Gasteiger partial charge in [0.1, 0.15) is 18.3 Å². The molecule has 0 aromatic carbocycles. The molecule has 8 heteroatoms. The van der Waals surface area contributed by atoms with Gasteiger partial charge in [-0.05, 0) is 80.5 Å². The maximum absolute atomic E-state index is 11.8. The number of fused-ring (bicyclic) bond motifs is 7. The lowest BCUT2D eigenvalue weighted by atomic mass is 9.46. The second-order valence-corrected chi connectivity index (χ2v) is 15.5. The average molecular weight is 577 g/mol. The Labute approximate surface area is 244 Å². The van der Waals surface area contributed by atoms with Crippen molar-refractivity contribution in [3.8, 4) is 0 Å². The van der Waals surface area contributed by atoms with Gasteiger partial charge in [-0.15, -0.1) is 0 Å². The second-order valence-electron chi connectivity index (χ2n) is 15.5. The maximum Gasteiger partial charge on any atom is 0.186 e. The highest BCUT2D eigenvalue weighted by Gasteiger charge is 2.69. The van der Waals surface area contributed by atoms with Gasteiger partial charge in [0.15, 0.2) is 12.1 Å². The van der Waals surface area contributed by atoms with E-state index in [4.69, 9.17) is 18.9 Å². The zero-order chi connectivity index (χ0) is 29.1. The quantitative estimate of drug-likeness (QED) is 0.369. The topological polar surface area (TPSA) is 118 Å². The summed E-state index contributed by atoms with van der Waals surface area (Å²) in [4.78, 5) is 0. The van der Waals surface area contributed by atoms with E-state index in [0.29, 0.717) is 48.3 Å². The molecular formula is C33H52O8. The zero-order valence-corrected chi connectivity index (χ0v) is 25.4. The molecule has 0 radical (unpaired) electrons. The average Bonchev–Trinajstić information content (AvgIpc) is 3.38. The molecule has 4 N–H and O–H groups in total. The lowest BCUT2D eigenvalue weighted by molar-refractivity contribution is -0.308. The van der Waals surface area contributed by atoms with Gasteiger partial charge in [0.25, 0.3) is 0 Å². The van der Waals surface area contributed by atoms with Crippen molar-refractivity contribution < 1.29 is 39.4 Å². The predicted molar refractivity (Wildman–Crippen MR) is 150 cm³/mol. The summed E-state index contributed by atoms with van der Waals surface area (Å²) < 4.78 is 25.3. The summed E-state index contributed by atoms with van der Waals surface area (Å²) in [7, 11) is 0. The lowest BCUT2D eigenvalue weighted by Crippen LogP contribution is -2.59. The number of allylic oxidation sites excluding steroid dienone is 1. The Balaban J connectivity index is 1.08. The largest absolute Gasteiger partial charge is 0.392 e. The number of rotatable bonds is 2. The van der Waals surface area contributed by atoms with Crippen LogP contribution in [-0.4, -0.2) is 81.8 Å². The summed E-state index contributed by atoms with van der Waals surface area (Å²) in [5.41, 5.74) is 1.19. The van der Waals surface area contributed by atoms with Crippen molar-refractivity contribution in [3.63, 3.8) is 0 Å². The monoisotopic (exact) mass is 576 g/mol. The minimum Gasteiger partial charge on any atom is -0.392 e. The van der Waals surface area contributed by atoms with Crippen molar-refractivity contribution in [1.29, 1.82) is 0 Å². The maximum atomic E-state index is 11.8. The van der Waals surface area contributed by atoms with Crippen LogP contribution in [0.5, 0.6) is 0 Å².